The highest BCUT2D eigenvalue weighted by atomic mass is 79.9. The fraction of sp³-hybridized carbons (Fsp3) is 0.154. The van der Waals surface area contributed by atoms with Gasteiger partial charge in [0.05, 0.1) is 17.6 Å². The quantitative estimate of drug-likeness (QED) is 0.288. The van der Waals surface area contributed by atoms with Gasteiger partial charge in [0, 0.05) is 5.56 Å². The van der Waals surface area contributed by atoms with Crippen LogP contribution >= 0.6 is 15.9 Å². The van der Waals surface area contributed by atoms with Gasteiger partial charge in [0.2, 0.25) is 0 Å². The Morgan fingerprint density at radius 3 is 2.49 bits per heavy atom. The van der Waals surface area contributed by atoms with Crippen molar-refractivity contribution in [3.63, 3.8) is 0 Å². The average molecular weight is 543 g/mol. The molecule has 0 aliphatic carbocycles. The number of benzene rings is 3. The lowest BCUT2D eigenvalue weighted by Gasteiger charge is -2.15. The van der Waals surface area contributed by atoms with Gasteiger partial charge in [0.25, 0.3) is 5.91 Å². The smallest absolute Gasteiger partial charge is 0.329 e. The fourth-order valence-corrected chi connectivity index (χ4v) is 4.06. The van der Waals surface area contributed by atoms with Crippen molar-refractivity contribution in [3.05, 3.63) is 99.2 Å². The number of carbonyl (C=O) groups excluding carboxylic acids is 2. The number of hydrogen-bond donors (Lipinski definition) is 1. The molecule has 0 bridgehead atoms. The molecule has 4 rings (SSSR count). The van der Waals surface area contributed by atoms with Crippen molar-refractivity contribution in [2.75, 3.05) is 6.61 Å². The van der Waals surface area contributed by atoms with Crippen molar-refractivity contribution in [2.45, 2.75) is 20.1 Å². The first-order valence-electron chi connectivity index (χ1n) is 10.8. The molecule has 0 saturated carbocycles. The van der Waals surface area contributed by atoms with E-state index in [9.17, 15) is 18.4 Å². The van der Waals surface area contributed by atoms with E-state index in [-0.39, 0.29) is 30.2 Å². The van der Waals surface area contributed by atoms with Crippen molar-refractivity contribution in [3.8, 4) is 11.5 Å². The number of halogens is 3. The number of imide groups is 1. The topological polar surface area (TPSA) is 67.9 Å². The summed E-state index contributed by atoms with van der Waals surface area (Å²) in [6.07, 6.45) is 1.51. The van der Waals surface area contributed by atoms with Crippen LogP contribution in [-0.2, 0) is 17.9 Å². The second-order valence-electron chi connectivity index (χ2n) is 7.65. The largest absolute Gasteiger partial charge is 0.490 e. The van der Waals surface area contributed by atoms with Crippen LogP contribution in [0.25, 0.3) is 6.08 Å². The summed E-state index contributed by atoms with van der Waals surface area (Å²) in [5.74, 6) is -0.517. The number of nitrogens with one attached hydrogen (secondary N) is 1. The van der Waals surface area contributed by atoms with E-state index >= 15 is 0 Å². The van der Waals surface area contributed by atoms with Crippen LogP contribution < -0.4 is 14.8 Å². The Morgan fingerprint density at radius 2 is 1.77 bits per heavy atom. The van der Waals surface area contributed by atoms with Crippen molar-refractivity contribution in [1.82, 2.24) is 10.2 Å². The van der Waals surface area contributed by atoms with E-state index in [1.54, 1.807) is 30.3 Å². The molecule has 3 aromatic carbocycles. The molecule has 1 aliphatic heterocycles. The lowest BCUT2D eigenvalue weighted by atomic mass is 10.1. The molecule has 0 unspecified atom stereocenters. The summed E-state index contributed by atoms with van der Waals surface area (Å²) in [6, 6.07) is 14.7. The first-order valence-corrected chi connectivity index (χ1v) is 11.6. The van der Waals surface area contributed by atoms with Crippen LogP contribution in [0.5, 0.6) is 11.5 Å². The second-order valence-corrected chi connectivity index (χ2v) is 8.50. The minimum atomic E-state index is -0.632. The number of carbonyl (C=O) groups is 2. The molecule has 0 atom stereocenters. The summed E-state index contributed by atoms with van der Waals surface area (Å²) in [5.41, 5.74) is 1.65. The van der Waals surface area contributed by atoms with Crippen LogP contribution in [-0.4, -0.2) is 23.4 Å². The molecular weight excluding hydrogens is 522 g/mol. The Balaban J connectivity index is 1.55. The molecule has 1 saturated heterocycles. The zero-order valence-electron chi connectivity index (χ0n) is 18.7. The fourth-order valence-electron chi connectivity index (χ4n) is 3.49. The van der Waals surface area contributed by atoms with Gasteiger partial charge >= 0.3 is 6.03 Å². The molecule has 0 spiro atoms. The summed E-state index contributed by atoms with van der Waals surface area (Å²) in [5, 5.41) is 2.54. The predicted octanol–water partition coefficient (Wildman–Crippen LogP) is 5.80. The van der Waals surface area contributed by atoms with Crippen LogP contribution in [0.3, 0.4) is 0 Å². The minimum Gasteiger partial charge on any atom is -0.490 e. The average Bonchev–Trinajstić information content (AvgIpc) is 3.08. The van der Waals surface area contributed by atoms with Gasteiger partial charge in [-0.05, 0) is 70.4 Å². The molecule has 3 aromatic rings. The standard InChI is InChI=1S/C26H21BrF2N2O4/c1-2-34-23-13-17(11-20(27)24(23)35-15-16-7-9-19(28)10-8-16)12-22-25(32)31(26(33)30-22)14-18-5-3-4-6-21(18)29/h3-13H,2,14-15H2,1H3,(H,30,33)/b22-12+. The van der Waals surface area contributed by atoms with E-state index in [0.29, 0.717) is 28.1 Å². The van der Waals surface area contributed by atoms with Gasteiger partial charge in [-0.3, -0.25) is 9.69 Å². The highest BCUT2D eigenvalue weighted by molar-refractivity contribution is 9.10. The van der Waals surface area contributed by atoms with Crippen LogP contribution in [0, 0.1) is 11.6 Å². The number of ether oxygens (including phenoxy) is 2. The molecule has 1 aliphatic rings. The van der Waals surface area contributed by atoms with Gasteiger partial charge in [0.1, 0.15) is 23.9 Å². The van der Waals surface area contributed by atoms with E-state index in [0.717, 1.165) is 10.5 Å². The molecule has 6 nitrogen and oxygen atoms in total. The number of hydrogen-bond acceptors (Lipinski definition) is 4. The summed E-state index contributed by atoms with van der Waals surface area (Å²) in [6.45, 7) is 2.20. The third kappa shape index (κ3) is 5.68. The van der Waals surface area contributed by atoms with E-state index in [2.05, 4.69) is 21.2 Å². The molecule has 3 amide bonds. The highest BCUT2D eigenvalue weighted by Crippen LogP contribution is 2.38. The van der Waals surface area contributed by atoms with E-state index < -0.39 is 17.8 Å². The molecule has 35 heavy (non-hydrogen) atoms. The van der Waals surface area contributed by atoms with Gasteiger partial charge in [-0.2, -0.15) is 0 Å². The van der Waals surface area contributed by atoms with Crippen molar-refractivity contribution < 1.29 is 27.8 Å². The van der Waals surface area contributed by atoms with Crippen LogP contribution in [0.2, 0.25) is 0 Å². The second kappa shape index (κ2) is 10.7. The van der Waals surface area contributed by atoms with E-state index in [1.165, 1.54) is 36.4 Å². The molecule has 0 radical (unpaired) electrons. The summed E-state index contributed by atoms with van der Waals surface area (Å²) in [4.78, 5) is 26.2. The Morgan fingerprint density at radius 1 is 1.03 bits per heavy atom. The van der Waals surface area contributed by atoms with Gasteiger partial charge in [0.15, 0.2) is 11.5 Å². The van der Waals surface area contributed by atoms with Crippen molar-refractivity contribution in [1.29, 1.82) is 0 Å². The predicted molar refractivity (Wildman–Crippen MR) is 130 cm³/mol. The molecular formula is C26H21BrF2N2O4. The maximum atomic E-state index is 14.0. The SMILES string of the molecule is CCOc1cc(/C=C2/NC(=O)N(Cc3ccccc3F)C2=O)cc(Br)c1OCc1ccc(F)cc1. The first kappa shape index (κ1) is 24.4. The monoisotopic (exact) mass is 542 g/mol. The number of urea groups is 1. The zero-order chi connectivity index (χ0) is 24.9. The molecule has 1 fully saturated rings. The zero-order valence-corrected chi connectivity index (χ0v) is 20.3. The Labute approximate surface area is 209 Å². The number of nitrogens with zero attached hydrogens (tertiary/aromatic N) is 1. The first-order chi connectivity index (χ1) is 16.9. The third-order valence-electron chi connectivity index (χ3n) is 5.19. The molecule has 9 heteroatoms. The van der Waals surface area contributed by atoms with Crippen LogP contribution in [0.1, 0.15) is 23.6 Å². The molecule has 0 aromatic heterocycles. The normalized spacial score (nSPS) is 14.4. The van der Waals surface area contributed by atoms with Gasteiger partial charge in [-0.15, -0.1) is 0 Å². The number of amides is 3. The minimum absolute atomic E-state index is 0.0562. The lowest BCUT2D eigenvalue weighted by Crippen LogP contribution is -2.30. The molecule has 1 N–H and O–H groups in total. The van der Waals surface area contributed by atoms with Crippen LogP contribution in [0.15, 0.2) is 70.8 Å². The van der Waals surface area contributed by atoms with Crippen LogP contribution in [0.4, 0.5) is 13.6 Å². The maximum absolute atomic E-state index is 14.0. The maximum Gasteiger partial charge on any atom is 0.329 e. The number of rotatable bonds is 8. The Kier molecular flexibility index (Phi) is 7.45. The lowest BCUT2D eigenvalue weighted by molar-refractivity contribution is -0.123. The Hall–Kier alpha value is -3.72. The third-order valence-corrected chi connectivity index (χ3v) is 5.78. The summed E-state index contributed by atoms with van der Waals surface area (Å²) < 4.78 is 39.3. The van der Waals surface area contributed by atoms with E-state index in [1.807, 2.05) is 6.92 Å². The van der Waals surface area contributed by atoms with Gasteiger partial charge in [-0.25, -0.2) is 13.6 Å². The Bertz CT molecular complexity index is 1300. The molecule has 1 heterocycles. The van der Waals surface area contributed by atoms with Gasteiger partial charge < -0.3 is 14.8 Å². The van der Waals surface area contributed by atoms with E-state index in [4.69, 9.17) is 9.47 Å². The van der Waals surface area contributed by atoms with Crippen molar-refractivity contribution in [2.24, 2.45) is 0 Å². The summed E-state index contributed by atoms with van der Waals surface area (Å²) >= 11 is 3.48. The molecule has 180 valence electrons. The summed E-state index contributed by atoms with van der Waals surface area (Å²) in [7, 11) is 0. The van der Waals surface area contributed by atoms with Crippen molar-refractivity contribution >= 4 is 33.9 Å². The van der Waals surface area contributed by atoms with Gasteiger partial charge in [-0.1, -0.05) is 30.3 Å². The highest BCUT2D eigenvalue weighted by Gasteiger charge is 2.34.